The van der Waals surface area contributed by atoms with Gasteiger partial charge in [0.05, 0.1) is 7.11 Å². The number of nitrogens with zero attached hydrogens (tertiary/aromatic N) is 2. The van der Waals surface area contributed by atoms with Crippen LogP contribution in [0.25, 0.3) is 0 Å². The minimum atomic E-state index is -0.753. The molecule has 23 heavy (non-hydrogen) atoms. The molecule has 0 aromatic carbocycles. The molecule has 0 aliphatic heterocycles. The molecule has 0 rings (SSSR count). The summed E-state index contributed by atoms with van der Waals surface area (Å²) in [4.78, 5) is 32.7. The van der Waals surface area contributed by atoms with E-state index in [1.165, 1.54) is 14.2 Å². The molecule has 0 aromatic heterocycles. The number of hydroxylamine groups is 2. The fourth-order valence-electron chi connectivity index (χ4n) is 1.62. The zero-order valence-electron chi connectivity index (χ0n) is 14.8. The lowest BCUT2D eigenvalue weighted by atomic mass is 10.1. The summed E-state index contributed by atoms with van der Waals surface area (Å²) in [5.74, 6) is -0.0440. The van der Waals surface area contributed by atoms with Crippen molar-refractivity contribution in [1.29, 1.82) is 0 Å². The molecule has 0 spiro atoms. The van der Waals surface area contributed by atoms with E-state index in [-0.39, 0.29) is 5.91 Å². The van der Waals surface area contributed by atoms with Gasteiger partial charge in [0.1, 0.15) is 11.6 Å². The van der Waals surface area contributed by atoms with Gasteiger partial charge in [-0.2, -0.15) is 0 Å². The topological polar surface area (TPSA) is 118 Å². The predicted molar refractivity (Wildman–Crippen MR) is 87.7 cm³/mol. The Kier molecular flexibility index (Phi) is 9.01. The summed E-state index contributed by atoms with van der Waals surface area (Å²) < 4.78 is 5.18. The van der Waals surface area contributed by atoms with Crippen molar-refractivity contribution in [3.8, 4) is 0 Å². The van der Waals surface area contributed by atoms with Crippen molar-refractivity contribution in [3.63, 3.8) is 0 Å². The highest BCUT2D eigenvalue weighted by Crippen LogP contribution is 2.08. The SMILES string of the molecule is CN=C(N)NCCC[C@H](NC(=O)OC(C)(C)C)C(=O)N(C)OC. The molecule has 134 valence electrons. The maximum absolute atomic E-state index is 12.2. The molecular weight excluding hydrogens is 302 g/mol. The van der Waals surface area contributed by atoms with Crippen molar-refractivity contribution < 1.29 is 19.2 Å². The Hall–Kier alpha value is -2.03. The van der Waals surface area contributed by atoms with Crippen LogP contribution in [0.5, 0.6) is 0 Å². The lowest BCUT2D eigenvalue weighted by molar-refractivity contribution is -0.171. The Labute approximate surface area is 137 Å². The molecule has 9 nitrogen and oxygen atoms in total. The number of guanidine groups is 1. The van der Waals surface area contributed by atoms with Crippen LogP contribution in [0.2, 0.25) is 0 Å². The van der Waals surface area contributed by atoms with Crippen LogP contribution >= 0.6 is 0 Å². The van der Waals surface area contributed by atoms with E-state index in [0.29, 0.717) is 25.3 Å². The van der Waals surface area contributed by atoms with E-state index in [0.717, 1.165) is 5.06 Å². The van der Waals surface area contributed by atoms with Crippen LogP contribution in [0.3, 0.4) is 0 Å². The molecule has 0 radical (unpaired) electrons. The van der Waals surface area contributed by atoms with E-state index < -0.39 is 17.7 Å². The fourth-order valence-corrected chi connectivity index (χ4v) is 1.62. The van der Waals surface area contributed by atoms with E-state index >= 15 is 0 Å². The number of amides is 2. The third-order valence-electron chi connectivity index (χ3n) is 2.79. The summed E-state index contributed by atoms with van der Waals surface area (Å²) in [7, 11) is 4.43. The smallest absolute Gasteiger partial charge is 0.408 e. The van der Waals surface area contributed by atoms with Gasteiger partial charge in [-0.15, -0.1) is 0 Å². The molecule has 2 amide bonds. The number of nitrogens with one attached hydrogen (secondary N) is 2. The second-order valence-electron chi connectivity index (χ2n) is 5.89. The van der Waals surface area contributed by atoms with E-state index in [1.807, 2.05) is 0 Å². The third-order valence-corrected chi connectivity index (χ3v) is 2.79. The molecule has 0 aliphatic rings. The zero-order chi connectivity index (χ0) is 18.0. The van der Waals surface area contributed by atoms with E-state index in [4.69, 9.17) is 15.3 Å². The number of carbonyl (C=O) groups excluding carboxylic acids is 2. The second-order valence-corrected chi connectivity index (χ2v) is 5.89. The van der Waals surface area contributed by atoms with Crippen LogP contribution in [-0.2, 0) is 14.4 Å². The summed E-state index contributed by atoms with van der Waals surface area (Å²) in [6.07, 6.45) is 0.346. The van der Waals surface area contributed by atoms with Gasteiger partial charge in [-0.3, -0.25) is 14.6 Å². The van der Waals surface area contributed by atoms with Gasteiger partial charge in [0.15, 0.2) is 5.96 Å². The molecule has 0 unspecified atom stereocenters. The Morgan fingerprint density at radius 3 is 2.43 bits per heavy atom. The molecular formula is C14H29N5O4. The highest BCUT2D eigenvalue weighted by Gasteiger charge is 2.26. The Morgan fingerprint density at radius 2 is 1.96 bits per heavy atom. The second kappa shape index (κ2) is 9.88. The molecule has 0 fully saturated rings. The van der Waals surface area contributed by atoms with Crippen molar-refractivity contribution in [2.75, 3.05) is 27.7 Å². The number of alkyl carbamates (subject to hydrolysis) is 1. The number of hydrogen-bond donors (Lipinski definition) is 3. The van der Waals surface area contributed by atoms with Crippen molar-refractivity contribution in [1.82, 2.24) is 15.7 Å². The maximum Gasteiger partial charge on any atom is 0.408 e. The highest BCUT2D eigenvalue weighted by molar-refractivity contribution is 5.84. The van der Waals surface area contributed by atoms with Crippen molar-refractivity contribution in [3.05, 3.63) is 0 Å². The van der Waals surface area contributed by atoms with Crippen LogP contribution in [0, 0.1) is 0 Å². The zero-order valence-corrected chi connectivity index (χ0v) is 14.8. The first-order valence-electron chi connectivity index (χ1n) is 7.38. The van der Waals surface area contributed by atoms with Crippen LogP contribution in [0.4, 0.5) is 4.79 Å². The van der Waals surface area contributed by atoms with Crippen molar-refractivity contribution in [2.24, 2.45) is 10.7 Å². The van der Waals surface area contributed by atoms with Crippen LogP contribution < -0.4 is 16.4 Å². The first-order chi connectivity index (χ1) is 10.6. The van der Waals surface area contributed by atoms with Gasteiger partial charge >= 0.3 is 6.09 Å². The first kappa shape index (κ1) is 21.0. The number of ether oxygens (including phenoxy) is 1. The summed E-state index contributed by atoms with van der Waals surface area (Å²) in [6.45, 7) is 5.78. The maximum atomic E-state index is 12.2. The standard InChI is InChI=1S/C14H29N5O4/c1-14(2,3)23-13(21)18-10(11(20)19(5)22-6)8-7-9-17-12(15)16-4/h10H,7-9H2,1-6H3,(H,18,21)(H3,15,16,17)/t10-/m0/s1. The van der Waals surface area contributed by atoms with Crippen molar-refractivity contribution in [2.45, 2.75) is 45.3 Å². The third kappa shape index (κ3) is 9.56. The number of hydrogen-bond acceptors (Lipinski definition) is 5. The Morgan fingerprint density at radius 1 is 1.35 bits per heavy atom. The first-order valence-corrected chi connectivity index (χ1v) is 7.38. The molecule has 0 saturated carbocycles. The molecule has 9 heteroatoms. The lowest BCUT2D eigenvalue weighted by Gasteiger charge is -2.25. The number of aliphatic imine (C=N–C) groups is 1. The van der Waals surface area contributed by atoms with Gasteiger partial charge in [0.25, 0.3) is 5.91 Å². The number of likely N-dealkylation sites (N-methyl/N-ethyl adjacent to an activating group) is 1. The van der Waals surface area contributed by atoms with Gasteiger partial charge in [0.2, 0.25) is 0 Å². The van der Waals surface area contributed by atoms with Crippen LogP contribution in [0.1, 0.15) is 33.6 Å². The summed E-state index contributed by atoms with van der Waals surface area (Å²) in [5, 5.41) is 6.52. The van der Waals surface area contributed by atoms with Crippen LogP contribution in [0.15, 0.2) is 4.99 Å². The van der Waals surface area contributed by atoms with Gasteiger partial charge in [-0.05, 0) is 33.6 Å². The van der Waals surface area contributed by atoms with E-state index in [1.54, 1.807) is 27.8 Å². The fraction of sp³-hybridized carbons (Fsp3) is 0.786. The Bertz CT molecular complexity index is 420. The van der Waals surface area contributed by atoms with E-state index in [2.05, 4.69) is 15.6 Å². The van der Waals surface area contributed by atoms with Crippen LogP contribution in [-0.4, -0.2) is 62.4 Å². The van der Waals surface area contributed by atoms with E-state index in [9.17, 15) is 9.59 Å². The largest absolute Gasteiger partial charge is 0.444 e. The van der Waals surface area contributed by atoms with Gasteiger partial charge in [0, 0.05) is 20.6 Å². The molecule has 4 N–H and O–H groups in total. The van der Waals surface area contributed by atoms with Crippen molar-refractivity contribution >= 4 is 18.0 Å². The number of nitrogens with two attached hydrogens (primary N) is 1. The van der Waals surface area contributed by atoms with Gasteiger partial charge in [-0.25, -0.2) is 9.86 Å². The predicted octanol–water partition coefficient (Wildman–Crippen LogP) is 0.214. The number of carbonyl (C=O) groups is 2. The minimum Gasteiger partial charge on any atom is -0.444 e. The molecule has 0 bridgehead atoms. The highest BCUT2D eigenvalue weighted by atomic mass is 16.7. The average molecular weight is 331 g/mol. The molecule has 0 aromatic rings. The molecule has 0 aliphatic carbocycles. The number of rotatable bonds is 7. The average Bonchev–Trinajstić information content (AvgIpc) is 2.46. The normalized spacial score (nSPS) is 13.2. The summed E-state index contributed by atoms with van der Waals surface area (Å²) in [5.41, 5.74) is 4.88. The molecule has 0 saturated heterocycles. The Balaban J connectivity index is 4.63. The monoisotopic (exact) mass is 331 g/mol. The summed E-state index contributed by atoms with van der Waals surface area (Å²) >= 11 is 0. The quantitative estimate of drug-likeness (QED) is 0.266. The lowest BCUT2D eigenvalue weighted by Crippen LogP contribution is -2.48. The molecule has 0 heterocycles. The summed E-state index contributed by atoms with van der Waals surface area (Å²) in [6, 6.07) is -0.753. The van der Waals surface area contributed by atoms with Gasteiger partial charge < -0.3 is 21.1 Å². The molecule has 1 atom stereocenters. The van der Waals surface area contributed by atoms with Gasteiger partial charge in [-0.1, -0.05) is 0 Å². The minimum absolute atomic E-state index is 0.321.